The lowest BCUT2D eigenvalue weighted by Gasteiger charge is -2.41. The van der Waals surface area contributed by atoms with Gasteiger partial charge in [0.05, 0.1) is 23.0 Å². The van der Waals surface area contributed by atoms with Crippen molar-refractivity contribution in [2.24, 2.45) is 17.8 Å². The molecule has 1 aromatic rings. The highest BCUT2D eigenvalue weighted by molar-refractivity contribution is 6.22. The van der Waals surface area contributed by atoms with Gasteiger partial charge in [-0.15, -0.1) is 11.6 Å². The SMILES string of the molecule is CC(C(=O)O)[C@@H](O)c1ccc2c(c1)OC(C1CC3C[C@@H]1CN3C(C)C1=CC(Cl)CC=C1C(F)(F)F)CC2. The van der Waals surface area contributed by atoms with Crippen molar-refractivity contribution in [3.63, 3.8) is 0 Å². The van der Waals surface area contributed by atoms with Gasteiger partial charge in [0, 0.05) is 24.5 Å². The molecule has 9 heteroatoms. The van der Waals surface area contributed by atoms with Crippen molar-refractivity contribution in [1.29, 1.82) is 0 Å². The number of aliphatic hydroxyl groups is 1. The number of piperidine rings is 1. The zero-order valence-electron chi connectivity index (χ0n) is 20.9. The van der Waals surface area contributed by atoms with Crippen molar-refractivity contribution < 1.29 is 32.9 Å². The Morgan fingerprint density at radius 1 is 1.24 bits per heavy atom. The van der Waals surface area contributed by atoms with Crippen LogP contribution in [0.2, 0.25) is 0 Å². The predicted molar refractivity (Wildman–Crippen MR) is 134 cm³/mol. The number of aryl methyl sites for hydroxylation is 1. The van der Waals surface area contributed by atoms with Crippen LogP contribution >= 0.6 is 11.6 Å². The van der Waals surface area contributed by atoms with Gasteiger partial charge in [0.15, 0.2) is 0 Å². The van der Waals surface area contributed by atoms with E-state index in [1.165, 1.54) is 13.0 Å². The number of benzene rings is 1. The quantitative estimate of drug-likeness (QED) is 0.457. The normalized spacial score (nSPS) is 32.1. The molecule has 6 unspecified atom stereocenters. The van der Waals surface area contributed by atoms with Crippen LogP contribution in [0.1, 0.15) is 56.8 Å². The van der Waals surface area contributed by atoms with Gasteiger partial charge in [-0.05, 0) is 74.6 Å². The second-order valence-corrected chi connectivity index (χ2v) is 11.6. The summed E-state index contributed by atoms with van der Waals surface area (Å²) in [6.07, 6.45) is 0.998. The van der Waals surface area contributed by atoms with E-state index in [1.54, 1.807) is 18.2 Å². The van der Waals surface area contributed by atoms with Crippen molar-refractivity contribution in [3.8, 4) is 5.75 Å². The van der Waals surface area contributed by atoms with E-state index in [1.807, 2.05) is 13.0 Å². The third kappa shape index (κ3) is 5.04. The van der Waals surface area contributed by atoms with Gasteiger partial charge in [0.25, 0.3) is 0 Å². The van der Waals surface area contributed by atoms with Crippen LogP contribution in [0.15, 0.2) is 41.5 Å². The fourth-order valence-corrected chi connectivity index (χ4v) is 7.02. The minimum Gasteiger partial charge on any atom is -0.490 e. The van der Waals surface area contributed by atoms with Gasteiger partial charge in [-0.3, -0.25) is 9.69 Å². The average molecular weight is 540 g/mol. The summed E-state index contributed by atoms with van der Waals surface area (Å²) in [4.78, 5) is 13.5. The minimum atomic E-state index is -4.39. The Morgan fingerprint density at radius 2 is 2.00 bits per heavy atom. The first-order valence-corrected chi connectivity index (χ1v) is 13.5. The minimum absolute atomic E-state index is 0.00371. The molecule has 2 N–H and O–H groups in total. The summed E-state index contributed by atoms with van der Waals surface area (Å²) in [6, 6.07) is 5.26. The number of alkyl halides is 4. The lowest BCUT2D eigenvalue weighted by atomic mass is 9.83. The van der Waals surface area contributed by atoms with Gasteiger partial charge in [-0.2, -0.15) is 13.2 Å². The smallest absolute Gasteiger partial charge is 0.416 e. The maximum atomic E-state index is 13.7. The van der Waals surface area contributed by atoms with E-state index < -0.39 is 35.1 Å². The fourth-order valence-electron chi connectivity index (χ4n) is 6.80. The molecule has 2 bridgehead atoms. The van der Waals surface area contributed by atoms with Crippen LogP contribution < -0.4 is 4.74 Å². The lowest BCUT2D eigenvalue weighted by molar-refractivity contribution is -0.145. The van der Waals surface area contributed by atoms with Gasteiger partial charge in [-0.25, -0.2) is 0 Å². The van der Waals surface area contributed by atoms with Gasteiger partial charge in [0.1, 0.15) is 11.9 Å². The number of carboxylic acid groups (broad SMARTS) is 1. The molecule has 2 aliphatic carbocycles. The number of nitrogens with zero attached hydrogens (tertiary/aromatic N) is 1. The molecular weight excluding hydrogens is 507 g/mol. The summed E-state index contributed by atoms with van der Waals surface area (Å²) in [5, 5.41) is 19.3. The van der Waals surface area contributed by atoms with Gasteiger partial charge in [-0.1, -0.05) is 24.3 Å². The highest BCUT2D eigenvalue weighted by atomic mass is 35.5. The van der Waals surface area contributed by atoms with E-state index in [-0.39, 0.29) is 30.2 Å². The molecule has 1 saturated heterocycles. The van der Waals surface area contributed by atoms with E-state index in [2.05, 4.69) is 4.90 Å². The summed E-state index contributed by atoms with van der Waals surface area (Å²) in [5.41, 5.74) is 1.29. The van der Waals surface area contributed by atoms with E-state index >= 15 is 0 Å². The van der Waals surface area contributed by atoms with Crippen LogP contribution in [0, 0.1) is 17.8 Å². The topological polar surface area (TPSA) is 70.0 Å². The number of halogens is 4. The third-order valence-electron chi connectivity index (χ3n) is 8.86. The van der Waals surface area contributed by atoms with Crippen molar-refractivity contribution in [3.05, 3.63) is 52.6 Å². The number of ether oxygens (including phenoxy) is 1. The Balaban J connectivity index is 1.27. The van der Waals surface area contributed by atoms with E-state index in [0.29, 0.717) is 23.1 Å². The molecule has 8 atom stereocenters. The number of carbonyl (C=O) groups is 1. The summed E-state index contributed by atoms with van der Waals surface area (Å²) >= 11 is 6.22. The van der Waals surface area contributed by atoms with Crippen LogP contribution in [-0.2, 0) is 11.2 Å². The number of allylic oxidation sites excluding steroid dienone is 2. The van der Waals surface area contributed by atoms with E-state index in [4.69, 9.17) is 16.3 Å². The van der Waals surface area contributed by atoms with Gasteiger partial charge >= 0.3 is 12.1 Å². The largest absolute Gasteiger partial charge is 0.490 e. The number of hydrogen-bond acceptors (Lipinski definition) is 4. The van der Waals surface area contributed by atoms with E-state index in [9.17, 15) is 28.2 Å². The Morgan fingerprint density at radius 3 is 2.65 bits per heavy atom. The standard InChI is InChI=1S/C28H33ClF3NO4/c1-14(27(35)36)26(34)17-4-3-16-5-8-24(37-25(16)10-17)22-12-20-9-18(22)13-33(20)15(2)21-11-19(29)6-7-23(21)28(30,31)32/h3-4,7,10-11,14-15,18-20,22,24,26,34H,5-6,8-9,12-13H2,1-2H3,(H,35,36)/t14?,15?,18-,19?,20?,22?,24?,26-/m1/s1. The summed E-state index contributed by atoms with van der Waals surface area (Å²) in [5.74, 6) is -0.648. The molecular formula is C28H33ClF3NO4. The van der Waals surface area contributed by atoms with Gasteiger partial charge < -0.3 is 14.9 Å². The molecule has 0 spiro atoms. The zero-order chi connectivity index (χ0) is 26.6. The number of hydrogen-bond donors (Lipinski definition) is 2. The number of fused-ring (bicyclic) bond motifs is 3. The van der Waals surface area contributed by atoms with Crippen molar-refractivity contribution in [1.82, 2.24) is 4.90 Å². The molecule has 202 valence electrons. The van der Waals surface area contributed by atoms with Crippen LogP contribution in [0.5, 0.6) is 5.75 Å². The zero-order valence-corrected chi connectivity index (χ0v) is 21.7. The Kier molecular flexibility index (Phi) is 7.13. The number of rotatable bonds is 6. The maximum absolute atomic E-state index is 13.7. The lowest BCUT2D eigenvalue weighted by Crippen LogP contribution is -2.46. The highest BCUT2D eigenvalue weighted by Crippen LogP contribution is 2.49. The van der Waals surface area contributed by atoms with Crippen molar-refractivity contribution >= 4 is 17.6 Å². The summed E-state index contributed by atoms with van der Waals surface area (Å²) < 4.78 is 47.6. The Hall–Kier alpha value is -2.03. The number of aliphatic carboxylic acids is 1. The summed E-state index contributed by atoms with van der Waals surface area (Å²) in [7, 11) is 0. The summed E-state index contributed by atoms with van der Waals surface area (Å²) in [6.45, 7) is 4.06. The molecule has 1 aromatic carbocycles. The number of carboxylic acids is 1. The molecule has 2 heterocycles. The number of aliphatic hydroxyl groups excluding tert-OH is 1. The first-order chi connectivity index (χ1) is 17.4. The molecule has 37 heavy (non-hydrogen) atoms. The van der Waals surface area contributed by atoms with Gasteiger partial charge in [0.2, 0.25) is 0 Å². The second-order valence-electron chi connectivity index (χ2n) is 11.0. The number of likely N-dealkylation sites (tertiary alicyclic amines) is 1. The Labute approximate surface area is 219 Å². The second kappa shape index (κ2) is 9.93. The van der Waals surface area contributed by atoms with E-state index in [0.717, 1.165) is 37.8 Å². The molecule has 2 fully saturated rings. The molecule has 5 nitrogen and oxygen atoms in total. The highest BCUT2D eigenvalue weighted by Gasteiger charge is 2.51. The van der Waals surface area contributed by atoms with Crippen LogP contribution in [0.4, 0.5) is 13.2 Å². The molecule has 0 amide bonds. The molecule has 1 saturated carbocycles. The average Bonchev–Trinajstić information content (AvgIpc) is 3.47. The molecule has 0 aromatic heterocycles. The molecule has 4 aliphatic rings. The van der Waals surface area contributed by atoms with Crippen LogP contribution in [0.3, 0.4) is 0 Å². The molecule has 2 aliphatic heterocycles. The first-order valence-electron chi connectivity index (χ1n) is 13.0. The first kappa shape index (κ1) is 26.6. The third-order valence-corrected chi connectivity index (χ3v) is 9.16. The maximum Gasteiger partial charge on any atom is 0.416 e. The fraction of sp³-hybridized carbons (Fsp3) is 0.607. The monoisotopic (exact) mass is 539 g/mol. The molecule has 0 radical (unpaired) electrons. The van der Waals surface area contributed by atoms with Crippen LogP contribution in [-0.4, -0.2) is 57.4 Å². The van der Waals surface area contributed by atoms with Crippen LogP contribution in [0.25, 0.3) is 0 Å². The predicted octanol–water partition coefficient (Wildman–Crippen LogP) is 5.66. The van der Waals surface area contributed by atoms with Crippen molar-refractivity contribution in [2.75, 3.05) is 6.54 Å². The Bertz CT molecular complexity index is 1120. The van der Waals surface area contributed by atoms with Crippen molar-refractivity contribution in [2.45, 2.75) is 81.8 Å². The molecule has 5 rings (SSSR count).